The monoisotopic (exact) mass is 361 g/mol. The van der Waals surface area contributed by atoms with Gasteiger partial charge in [0.1, 0.15) is 0 Å². The predicted octanol–water partition coefficient (Wildman–Crippen LogP) is 4.01. The van der Waals surface area contributed by atoms with Crippen LogP contribution in [0.25, 0.3) is 0 Å². The van der Waals surface area contributed by atoms with E-state index in [0.717, 1.165) is 23.7 Å². The number of esters is 1. The number of hydrogen-bond acceptors (Lipinski definition) is 5. The first-order valence-corrected chi connectivity index (χ1v) is 9.22. The molecule has 0 saturated heterocycles. The maximum Gasteiger partial charge on any atom is 0.338 e. The number of thiocarbonyl (C=S) groups is 1. The van der Waals surface area contributed by atoms with E-state index < -0.39 is 0 Å². The second kappa shape index (κ2) is 7.72. The molecular weight excluding hydrogens is 342 g/mol. The molecule has 1 aromatic carbocycles. The van der Waals surface area contributed by atoms with Gasteiger partial charge in [-0.2, -0.15) is 0 Å². The Labute approximate surface area is 150 Å². The van der Waals surface area contributed by atoms with Crippen molar-refractivity contribution in [2.75, 3.05) is 17.2 Å². The lowest BCUT2D eigenvalue weighted by molar-refractivity contribution is 0.0526. The highest BCUT2D eigenvalue weighted by Gasteiger charge is 2.15. The number of carbonyl (C=O) groups excluding carboxylic acids is 1. The molecule has 5 nitrogen and oxygen atoms in total. The fourth-order valence-electron chi connectivity index (χ4n) is 2.57. The van der Waals surface area contributed by atoms with Gasteiger partial charge in [-0.15, -0.1) is 11.3 Å². The number of fused-ring (bicyclic) bond motifs is 1. The third kappa shape index (κ3) is 4.10. The standard InChI is InChI=1S/C17H19N3O2S2/c1-2-22-15(21)11-7-9-12(10-8-11)18-16(23)20-17-19-13-5-3-4-6-14(13)24-17/h7-10H,2-6H2,1H3,(H2,18,19,20,23). The Hall–Kier alpha value is -1.99. The zero-order valence-corrected chi connectivity index (χ0v) is 15.1. The van der Waals surface area contributed by atoms with Gasteiger partial charge in [0.05, 0.1) is 17.9 Å². The van der Waals surface area contributed by atoms with Gasteiger partial charge in [0.15, 0.2) is 10.2 Å². The van der Waals surface area contributed by atoms with Crippen LogP contribution in [0.15, 0.2) is 24.3 Å². The molecule has 1 aliphatic carbocycles. The molecule has 0 saturated carbocycles. The van der Waals surface area contributed by atoms with Crippen molar-refractivity contribution in [1.29, 1.82) is 0 Å². The van der Waals surface area contributed by atoms with Crippen LogP contribution < -0.4 is 10.6 Å². The normalized spacial score (nSPS) is 13.0. The Balaban J connectivity index is 1.58. The maximum atomic E-state index is 11.6. The van der Waals surface area contributed by atoms with E-state index in [9.17, 15) is 4.79 Å². The van der Waals surface area contributed by atoms with Crippen molar-refractivity contribution >= 4 is 45.5 Å². The van der Waals surface area contributed by atoms with Gasteiger partial charge in [-0.05, 0) is 69.1 Å². The highest BCUT2D eigenvalue weighted by Crippen LogP contribution is 2.29. The number of rotatable bonds is 4. The minimum absolute atomic E-state index is 0.321. The first-order chi connectivity index (χ1) is 11.7. The van der Waals surface area contributed by atoms with E-state index in [0.29, 0.717) is 17.3 Å². The molecule has 0 radical (unpaired) electrons. The zero-order chi connectivity index (χ0) is 16.9. The van der Waals surface area contributed by atoms with Gasteiger partial charge in [0.25, 0.3) is 0 Å². The molecule has 3 rings (SSSR count). The number of carbonyl (C=O) groups is 1. The van der Waals surface area contributed by atoms with E-state index in [1.165, 1.54) is 23.4 Å². The second-order valence-electron chi connectivity index (χ2n) is 5.47. The summed E-state index contributed by atoms with van der Waals surface area (Å²) >= 11 is 7.01. The molecule has 1 aromatic heterocycles. The molecule has 0 fully saturated rings. The topological polar surface area (TPSA) is 63.2 Å². The van der Waals surface area contributed by atoms with Gasteiger partial charge in [-0.1, -0.05) is 0 Å². The van der Waals surface area contributed by atoms with E-state index in [2.05, 4.69) is 15.6 Å². The smallest absolute Gasteiger partial charge is 0.338 e. The number of nitrogens with zero attached hydrogens (tertiary/aromatic N) is 1. The molecule has 0 bridgehead atoms. The highest BCUT2D eigenvalue weighted by atomic mass is 32.1. The molecule has 0 aliphatic heterocycles. The molecule has 7 heteroatoms. The minimum atomic E-state index is -0.321. The van der Waals surface area contributed by atoms with E-state index in [4.69, 9.17) is 17.0 Å². The summed E-state index contributed by atoms with van der Waals surface area (Å²) in [4.78, 5) is 17.6. The highest BCUT2D eigenvalue weighted by molar-refractivity contribution is 7.80. The van der Waals surface area contributed by atoms with Crippen LogP contribution in [0.2, 0.25) is 0 Å². The number of nitrogens with one attached hydrogen (secondary N) is 2. The van der Waals surface area contributed by atoms with Crippen LogP contribution in [0.3, 0.4) is 0 Å². The SMILES string of the molecule is CCOC(=O)c1ccc(NC(=S)Nc2nc3c(s2)CCCC3)cc1. The van der Waals surface area contributed by atoms with Crippen molar-refractivity contribution in [2.24, 2.45) is 0 Å². The van der Waals surface area contributed by atoms with Gasteiger partial charge in [-0.3, -0.25) is 0 Å². The number of aromatic nitrogens is 1. The lowest BCUT2D eigenvalue weighted by atomic mass is 10.0. The lowest BCUT2D eigenvalue weighted by Crippen LogP contribution is -2.19. The molecule has 0 amide bonds. The summed E-state index contributed by atoms with van der Waals surface area (Å²) in [6.45, 7) is 2.15. The van der Waals surface area contributed by atoms with E-state index in [1.807, 2.05) is 0 Å². The van der Waals surface area contributed by atoms with Crippen LogP contribution in [0.5, 0.6) is 0 Å². The average molecular weight is 361 g/mol. The summed E-state index contributed by atoms with van der Waals surface area (Å²) < 4.78 is 4.96. The van der Waals surface area contributed by atoms with E-state index >= 15 is 0 Å². The summed E-state index contributed by atoms with van der Waals surface area (Å²) in [6, 6.07) is 7.02. The second-order valence-corrected chi connectivity index (χ2v) is 6.96. The summed E-state index contributed by atoms with van der Waals surface area (Å²) in [5.74, 6) is -0.321. The number of aryl methyl sites for hydroxylation is 2. The lowest BCUT2D eigenvalue weighted by Gasteiger charge is -2.09. The molecule has 0 spiro atoms. The largest absolute Gasteiger partial charge is 0.462 e. The molecule has 2 N–H and O–H groups in total. The van der Waals surface area contributed by atoms with Crippen molar-refractivity contribution in [3.63, 3.8) is 0 Å². The minimum Gasteiger partial charge on any atom is -0.462 e. The van der Waals surface area contributed by atoms with Crippen LogP contribution in [-0.4, -0.2) is 22.7 Å². The Morgan fingerprint density at radius 3 is 2.71 bits per heavy atom. The van der Waals surface area contributed by atoms with Gasteiger partial charge >= 0.3 is 5.97 Å². The number of benzene rings is 1. The fraction of sp³-hybridized carbons (Fsp3) is 0.353. The molecule has 24 heavy (non-hydrogen) atoms. The first kappa shape index (κ1) is 16.9. The summed E-state index contributed by atoms with van der Waals surface area (Å²) in [7, 11) is 0. The fourth-order valence-corrected chi connectivity index (χ4v) is 3.90. The number of ether oxygens (including phenoxy) is 1. The predicted molar refractivity (Wildman–Crippen MR) is 101 cm³/mol. The molecule has 0 unspecified atom stereocenters. The van der Waals surface area contributed by atoms with Gasteiger partial charge in [-0.25, -0.2) is 9.78 Å². The van der Waals surface area contributed by atoms with Crippen LogP contribution in [0, 0.1) is 0 Å². The molecule has 0 atom stereocenters. The average Bonchev–Trinajstić information content (AvgIpc) is 2.97. The van der Waals surface area contributed by atoms with Crippen molar-refractivity contribution in [3.8, 4) is 0 Å². The number of thiazole rings is 1. The number of anilines is 2. The van der Waals surface area contributed by atoms with E-state index in [1.54, 1.807) is 42.5 Å². The van der Waals surface area contributed by atoms with E-state index in [-0.39, 0.29) is 5.97 Å². The van der Waals surface area contributed by atoms with Crippen LogP contribution in [0.1, 0.15) is 40.7 Å². The van der Waals surface area contributed by atoms with Crippen LogP contribution in [0.4, 0.5) is 10.8 Å². The number of hydrogen-bond donors (Lipinski definition) is 2. The summed E-state index contributed by atoms with van der Waals surface area (Å²) in [5.41, 5.74) is 2.53. The van der Waals surface area contributed by atoms with Gasteiger partial charge in [0, 0.05) is 10.6 Å². The van der Waals surface area contributed by atoms with Crippen LogP contribution in [-0.2, 0) is 17.6 Å². The third-order valence-corrected chi connectivity index (χ3v) is 5.00. The molecule has 126 valence electrons. The van der Waals surface area contributed by atoms with Crippen molar-refractivity contribution in [3.05, 3.63) is 40.4 Å². The first-order valence-electron chi connectivity index (χ1n) is 7.99. The quantitative estimate of drug-likeness (QED) is 0.634. The molecule has 2 aromatic rings. The Kier molecular flexibility index (Phi) is 5.42. The Morgan fingerprint density at radius 2 is 2.00 bits per heavy atom. The zero-order valence-electron chi connectivity index (χ0n) is 13.4. The third-order valence-electron chi connectivity index (χ3n) is 3.72. The maximum absolute atomic E-state index is 11.6. The molecule has 1 heterocycles. The summed E-state index contributed by atoms with van der Waals surface area (Å²) in [5, 5.41) is 7.57. The van der Waals surface area contributed by atoms with Gasteiger partial charge < -0.3 is 15.4 Å². The summed E-state index contributed by atoms with van der Waals surface area (Å²) in [6.07, 6.45) is 4.63. The Bertz CT molecular complexity index is 717. The van der Waals surface area contributed by atoms with Crippen LogP contribution >= 0.6 is 23.6 Å². The van der Waals surface area contributed by atoms with Crippen molar-refractivity contribution < 1.29 is 9.53 Å². The molecular formula is C17H19N3O2S2. The van der Waals surface area contributed by atoms with Crippen molar-refractivity contribution in [2.45, 2.75) is 32.6 Å². The van der Waals surface area contributed by atoms with Gasteiger partial charge in [0.2, 0.25) is 0 Å². The van der Waals surface area contributed by atoms with Crippen molar-refractivity contribution in [1.82, 2.24) is 4.98 Å². The molecule has 1 aliphatic rings. The Morgan fingerprint density at radius 1 is 1.25 bits per heavy atom.